The Labute approximate surface area is 135 Å². The molecule has 2 aromatic rings. The molecule has 2 atom stereocenters. The molecule has 124 valence electrons. The van der Waals surface area contributed by atoms with E-state index in [1.165, 1.54) is 0 Å². The summed E-state index contributed by atoms with van der Waals surface area (Å²) in [6.45, 7) is 4.31. The van der Waals surface area contributed by atoms with E-state index in [0.29, 0.717) is 6.01 Å². The summed E-state index contributed by atoms with van der Waals surface area (Å²) >= 11 is 0. The zero-order valence-electron chi connectivity index (χ0n) is 13.7. The highest BCUT2D eigenvalue weighted by molar-refractivity contribution is 5.17. The van der Waals surface area contributed by atoms with Crippen LogP contribution < -0.4 is 4.74 Å². The van der Waals surface area contributed by atoms with E-state index in [2.05, 4.69) is 37.1 Å². The van der Waals surface area contributed by atoms with Crippen molar-refractivity contribution >= 4 is 0 Å². The van der Waals surface area contributed by atoms with Gasteiger partial charge in [0.25, 0.3) is 0 Å². The lowest BCUT2D eigenvalue weighted by Gasteiger charge is -2.24. The van der Waals surface area contributed by atoms with Crippen molar-refractivity contribution in [2.24, 2.45) is 0 Å². The van der Waals surface area contributed by atoms with E-state index in [1.54, 1.807) is 13.4 Å². The first-order chi connectivity index (χ1) is 11.2. The molecular weight excluding hydrogens is 296 g/mol. The van der Waals surface area contributed by atoms with E-state index < -0.39 is 0 Å². The Morgan fingerprint density at radius 2 is 2.30 bits per heavy atom. The molecule has 8 heteroatoms. The summed E-state index contributed by atoms with van der Waals surface area (Å²) in [5.74, 6) is 1.18. The second kappa shape index (κ2) is 7.01. The van der Waals surface area contributed by atoms with E-state index >= 15 is 0 Å². The molecule has 0 unspecified atom stereocenters. The van der Waals surface area contributed by atoms with Crippen molar-refractivity contribution in [3.63, 3.8) is 0 Å². The van der Waals surface area contributed by atoms with Crippen LogP contribution in [0.3, 0.4) is 0 Å². The second-order valence-corrected chi connectivity index (χ2v) is 5.84. The number of ether oxygens (including phenoxy) is 2. The maximum Gasteiger partial charge on any atom is 0.316 e. The third-order valence-electron chi connectivity index (χ3n) is 4.17. The van der Waals surface area contributed by atoms with Crippen molar-refractivity contribution < 1.29 is 9.47 Å². The Kier molecular flexibility index (Phi) is 4.82. The zero-order chi connectivity index (χ0) is 16.2. The number of hydrogen-bond acceptors (Lipinski definition) is 7. The van der Waals surface area contributed by atoms with Crippen LogP contribution in [0.2, 0.25) is 0 Å². The average molecular weight is 318 g/mol. The van der Waals surface area contributed by atoms with Crippen LogP contribution >= 0.6 is 0 Å². The molecule has 0 aromatic carbocycles. The largest absolute Gasteiger partial charge is 0.467 e. The molecular formula is C15H22N6O2. The van der Waals surface area contributed by atoms with Gasteiger partial charge in [-0.2, -0.15) is 5.10 Å². The molecule has 1 saturated heterocycles. The number of methoxy groups -OCH3 is 1. The Morgan fingerprint density at radius 3 is 3.00 bits per heavy atom. The molecule has 0 spiro atoms. The number of aromatic nitrogens is 5. The van der Waals surface area contributed by atoms with E-state index in [1.807, 2.05) is 13.1 Å². The normalized spacial score (nSPS) is 21.0. The van der Waals surface area contributed by atoms with Crippen molar-refractivity contribution in [2.45, 2.75) is 31.9 Å². The summed E-state index contributed by atoms with van der Waals surface area (Å²) in [7, 11) is 3.64. The second-order valence-electron chi connectivity index (χ2n) is 5.84. The fourth-order valence-corrected chi connectivity index (χ4v) is 2.92. The van der Waals surface area contributed by atoms with Gasteiger partial charge in [-0.05, 0) is 20.4 Å². The molecule has 0 radical (unpaired) electrons. The van der Waals surface area contributed by atoms with Gasteiger partial charge in [-0.3, -0.25) is 10.00 Å². The minimum atomic E-state index is 0.118. The van der Waals surface area contributed by atoms with Gasteiger partial charge in [0.1, 0.15) is 12.2 Å². The van der Waals surface area contributed by atoms with Crippen LogP contribution in [-0.2, 0) is 11.3 Å². The van der Waals surface area contributed by atoms with Gasteiger partial charge in [0.2, 0.25) is 0 Å². The van der Waals surface area contributed by atoms with E-state index in [9.17, 15) is 0 Å². The third-order valence-corrected chi connectivity index (χ3v) is 4.17. The molecule has 0 saturated carbocycles. The average Bonchev–Trinajstić information content (AvgIpc) is 3.20. The molecule has 1 fully saturated rings. The fraction of sp³-hybridized carbons (Fsp3) is 0.600. The number of aromatic amines is 1. The van der Waals surface area contributed by atoms with Crippen molar-refractivity contribution in [3.8, 4) is 6.01 Å². The topological polar surface area (TPSA) is 89.0 Å². The maximum atomic E-state index is 5.88. The molecule has 23 heavy (non-hydrogen) atoms. The summed E-state index contributed by atoms with van der Waals surface area (Å²) in [4.78, 5) is 15.0. The maximum absolute atomic E-state index is 5.88. The van der Waals surface area contributed by atoms with Gasteiger partial charge in [-0.15, -0.1) is 0 Å². The number of aryl methyl sites for hydroxylation is 1. The minimum absolute atomic E-state index is 0.118. The van der Waals surface area contributed by atoms with Crippen LogP contribution in [0.4, 0.5) is 0 Å². The number of hydrogen-bond donors (Lipinski definition) is 1. The first-order valence-electron chi connectivity index (χ1n) is 7.69. The molecule has 8 nitrogen and oxygen atoms in total. The lowest BCUT2D eigenvalue weighted by atomic mass is 10.0. The Balaban J connectivity index is 1.61. The standard InChI is InChI=1S/C15H22N6O2/c1-10-11(6-16-15(19-10)22-3)7-21(2)8-13-12(4-5-23-13)14-17-9-18-20-14/h6,9,12-13H,4-5,7-8H2,1-3H3,(H,17,18,20)/t12-,13-/m1/s1. The van der Waals surface area contributed by atoms with Crippen LogP contribution in [0, 0.1) is 6.92 Å². The number of H-pyrrole nitrogens is 1. The molecule has 0 amide bonds. The Bertz CT molecular complexity index is 633. The highest BCUT2D eigenvalue weighted by Gasteiger charge is 2.32. The quantitative estimate of drug-likeness (QED) is 0.847. The van der Waals surface area contributed by atoms with E-state index in [4.69, 9.17) is 9.47 Å². The lowest BCUT2D eigenvalue weighted by molar-refractivity contribution is 0.0710. The molecule has 0 bridgehead atoms. The molecule has 3 rings (SSSR count). The van der Waals surface area contributed by atoms with E-state index in [0.717, 1.165) is 43.2 Å². The number of likely N-dealkylation sites (N-methyl/N-ethyl adjacent to an activating group) is 1. The van der Waals surface area contributed by atoms with Crippen molar-refractivity contribution in [3.05, 3.63) is 29.6 Å². The van der Waals surface area contributed by atoms with Crippen LogP contribution in [0.25, 0.3) is 0 Å². The van der Waals surface area contributed by atoms with Crippen LogP contribution in [0.1, 0.15) is 29.4 Å². The highest BCUT2D eigenvalue weighted by atomic mass is 16.5. The lowest BCUT2D eigenvalue weighted by Crippen LogP contribution is -2.32. The van der Waals surface area contributed by atoms with Gasteiger partial charge in [0, 0.05) is 43.1 Å². The summed E-state index contributed by atoms with van der Waals surface area (Å²) in [6, 6.07) is 0.401. The van der Waals surface area contributed by atoms with Gasteiger partial charge in [0.05, 0.1) is 13.2 Å². The molecule has 1 N–H and O–H groups in total. The van der Waals surface area contributed by atoms with Crippen LogP contribution in [0.15, 0.2) is 12.5 Å². The van der Waals surface area contributed by atoms with Gasteiger partial charge in [-0.1, -0.05) is 0 Å². The minimum Gasteiger partial charge on any atom is -0.467 e. The summed E-state index contributed by atoms with van der Waals surface area (Å²) in [5, 5.41) is 6.90. The van der Waals surface area contributed by atoms with Crippen molar-refractivity contribution in [1.82, 2.24) is 30.0 Å². The van der Waals surface area contributed by atoms with Crippen LogP contribution in [0.5, 0.6) is 6.01 Å². The zero-order valence-corrected chi connectivity index (χ0v) is 13.7. The number of nitrogens with one attached hydrogen (secondary N) is 1. The van der Waals surface area contributed by atoms with Gasteiger partial charge < -0.3 is 9.47 Å². The molecule has 1 aliphatic rings. The summed E-state index contributed by atoms with van der Waals surface area (Å²) in [6.07, 6.45) is 4.46. The summed E-state index contributed by atoms with van der Waals surface area (Å²) < 4.78 is 10.9. The molecule has 1 aliphatic heterocycles. The van der Waals surface area contributed by atoms with Gasteiger partial charge >= 0.3 is 6.01 Å². The van der Waals surface area contributed by atoms with E-state index in [-0.39, 0.29) is 12.0 Å². The third kappa shape index (κ3) is 3.65. The summed E-state index contributed by atoms with van der Waals surface area (Å²) in [5.41, 5.74) is 2.02. The molecule has 0 aliphatic carbocycles. The molecule has 2 aromatic heterocycles. The monoisotopic (exact) mass is 318 g/mol. The SMILES string of the molecule is COc1ncc(CN(C)C[C@H]2OCC[C@H]2c2ncn[nH]2)c(C)n1. The molecule has 3 heterocycles. The smallest absolute Gasteiger partial charge is 0.316 e. The number of rotatable bonds is 6. The van der Waals surface area contributed by atoms with Crippen LogP contribution in [-0.4, -0.2) is 63.5 Å². The Morgan fingerprint density at radius 1 is 1.43 bits per heavy atom. The highest BCUT2D eigenvalue weighted by Crippen LogP contribution is 2.29. The first-order valence-corrected chi connectivity index (χ1v) is 7.69. The van der Waals surface area contributed by atoms with Crippen molar-refractivity contribution in [1.29, 1.82) is 0 Å². The first kappa shape index (κ1) is 15.8. The predicted molar refractivity (Wildman–Crippen MR) is 83.1 cm³/mol. The van der Waals surface area contributed by atoms with Crippen molar-refractivity contribution in [2.75, 3.05) is 27.3 Å². The predicted octanol–water partition coefficient (Wildman–Crippen LogP) is 0.916. The Hall–Kier alpha value is -2.06. The van der Waals surface area contributed by atoms with Gasteiger partial charge in [0.15, 0.2) is 0 Å². The van der Waals surface area contributed by atoms with Gasteiger partial charge in [-0.25, -0.2) is 15.0 Å². The number of nitrogens with zero attached hydrogens (tertiary/aromatic N) is 5. The fourth-order valence-electron chi connectivity index (χ4n) is 2.92.